The van der Waals surface area contributed by atoms with Gasteiger partial charge in [-0.2, -0.15) is 5.26 Å². The van der Waals surface area contributed by atoms with Crippen molar-refractivity contribution in [3.05, 3.63) is 35.1 Å². The van der Waals surface area contributed by atoms with Gasteiger partial charge in [0.1, 0.15) is 11.9 Å². The number of halogens is 1. The van der Waals surface area contributed by atoms with Crippen LogP contribution in [0.15, 0.2) is 18.2 Å². The molecule has 1 aromatic rings. The van der Waals surface area contributed by atoms with Gasteiger partial charge in [0.25, 0.3) is 0 Å². The third kappa shape index (κ3) is 3.28. The first-order chi connectivity index (χ1) is 8.81. The number of nitriles is 1. The first-order valence-electron chi connectivity index (χ1n) is 6.31. The molecular weight excluding hydrogens is 231 g/mol. The van der Waals surface area contributed by atoms with E-state index in [4.69, 9.17) is 10.00 Å². The fourth-order valence-electron chi connectivity index (χ4n) is 2.16. The molecule has 0 spiro atoms. The van der Waals surface area contributed by atoms with E-state index < -0.39 is 5.82 Å². The van der Waals surface area contributed by atoms with E-state index in [1.807, 2.05) is 6.07 Å². The fraction of sp³-hybridized carbons (Fsp3) is 0.500. The van der Waals surface area contributed by atoms with Crippen LogP contribution >= 0.6 is 0 Å². The first kappa shape index (κ1) is 13.0. The lowest BCUT2D eigenvalue weighted by atomic mass is 10.1. The molecule has 0 aliphatic carbocycles. The minimum Gasteiger partial charge on any atom is -0.378 e. The molecule has 1 unspecified atom stereocenters. The molecule has 0 aromatic heterocycles. The van der Waals surface area contributed by atoms with Crippen LogP contribution in [0.4, 0.5) is 4.39 Å². The highest BCUT2D eigenvalue weighted by Gasteiger charge is 2.14. The summed E-state index contributed by atoms with van der Waals surface area (Å²) < 4.78 is 19.2. The summed E-state index contributed by atoms with van der Waals surface area (Å²) in [6.45, 7) is 2.12. The van der Waals surface area contributed by atoms with Crippen molar-refractivity contribution in [3.8, 4) is 6.07 Å². The van der Waals surface area contributed by atoms with Crippen LogP contribution in [0, 0.1) is 17.1 Å². The van der Waals surface area contributed by atoms with E-state index in [0.717, 1.165) is 32.4 Å². The Labute approximate surface area is 107 Å². The summed E-state index contributed by atoms with van der Waals surface area (Å²) in [4.78, 5) is 0. The lowest BCUT2D eigenvalue weighted by Gasteiger charge is -2.10. The Morgan fingerprint density at radius 2 is 2.39 bits per heavy atom. The maximum absolute atomic E-state index is 13.7. The van der Waals surface area contributed by atoms with E-state index in [9.17, 15) is 4.39 Å². The summed E-state index contributed by atoms with van der Waals surface area (Å²) in [7, 11) is 0. The minimum atomic E-state index is -0.412. The van der Waals surface area contributed by atoms with Crippen LogP contribution in [0.3, 0.4) is 0 Å². The molecule has 3 nitrogen and oxygen atoms in total. The van der Waals surface area contributed by atoms with Crippen LogP contribution in [-0.2, 0) is 11.3 Å². The number of nitrogens with zero attached hydrogens (tertiary/aromatic N) is 1. The molecule has 2 rings (SSSR count). The predicted octanol–water partition coefficient (Wildman–Crippen LogP) is 2.36. The zero-order valence-corrected chi connectivity index (χ0v) is 10.3. The second kappa shape index (κ2) is 6.48. The average molecular weight is 248 g/mol. The van der Waals surface area contributed by atoms with Gasteiger partial charge in [-0.15, -0.1) is 0 Å². The van der Waals surface area contributed by atoms with Crippen molar-refractivity contribution < 1.29 is 9.13 Å². The highest BCUT2D eigenvalue weighted by atomic mass is 19.1. The van der Waals surface area contributed by atoms with Gasteiger partial charge in [0, 0.05) is 18.7 Å². The van der Waals surface area contributed by atoms with Gasteiger partial charge >= 0.3 is 0 Å². The van der Waals surface area contributed by atoms with Gasteiger partial charge in [0.15, 0.2) is 0 Å². The maximum atomic E-state index is 13.7. The molecule has 1 saturated heterocycles. The highest BCUT2D eigenvalue weighted by Crippen LogP contribution is 2.15. The van der Waals surface area contributed by atoms with E-state index in [0.29, 0.717) is 18.2 Å². The Kier molecular flexibility index (Phi) is 4.68. The maximum Gasteiger partial charge on any atom is 0.145 e. The summed E-state index contributed by atoms with van der Waals surface area (Å²) in [5.41, 5.74) is 0.648. The van der Waals surface area contributed by atoms with Gasteiger partial charge in [-0.3, -0.25) is 0 Å². The molecule has 4 heteroatoms. The number of hydrogen-bond donors (Lipinski definition) is 1. The van der Waals surface area contributed by atoms with Gasteiger partial charge < -0.3 is 10.1 Å². The molecule has 0 saturated carbocycles. The van der Waals surface area contributed by atoms with Crippen LogP contribution in [0.2, 0.25) is 0 Å². The Morgan fingerprint density at radius 3 is 3.11 bits per heavy atom. The summed E-state index contributed by atoms with van der Waals surface area (Å²) in [6.07, 6.45) is 3.58. The Balaban J connectivity index is 1.78. The lowest BCUT2D eigenvalue weighted by molar-refractivity contribution is 0.104. The Hall–Kier alpha value is -1.44. The molecule has 0 amide bonds. The summed E-state index contributed by atoms with van der Waals surface area (Å²) in [6, 6.07) is 6.75. The van der Waals surface area contributed by atoms with Gasteiger partial charge in [-0.05, 0) is 31.9 Å². The molecule has 1 N–H and O–H groups in total. The highest BCUT2D eigenvalue weighted by molar-refractivity contribution is 5.34. The monoisotopic (exact) mass is 248 g/mol. The van der Waals surface area contributed by atoms with E-state index in [1.165, 1.54) is 6.07 Å². The van der Waals surface area contributed by atoms with Crippen LogP contribution in [0.1, 0.15) is 30.4 Å². The largest absolute Gasteiger partial charge is 0.378 e. The topological polar surface area (TPSA) is 45.0 Å². The van der Waals surface area contributed by atoms with Gasteiger partial charge in [0.05, 0.1) is 11.7 Å². The lowest BCUT2D eigenvalue weighted by Crippen LogP contribution is -2.20. The van der Waals surface area contributed by atoms with E-state index >= 15 is 0 Å². The smallest absolute Gasteiger partial charge is 0.145 e. The molecule has 1 atom stereocenters. The number of benzene rings is 1. The van der Waals surface area contributed by atoms with Gasteiger partial charge in [-0.25, -0.2) is 4.39 Å². The Morgan fingerprint density at radius 1 is 1.50 bits per heavy atom. The number of nitrogens with one attached hydrogen (secondary N) is 1. The molecule has 96 valence electrons. The van der Waals surface area contributed by atoms with Crippen LogP contribution in [0.5, 0.6) is 0 Å². The molecule has 0 radical (unpaired) electrons. The quantitative estimate of drug-likeness (QED) is 0.814. The molecule has 1 aliphatic rings. The van der Waals surface area contributed by atoms with E-state index in [1.54, 1.807) is 12.1 Å². The van der Waals surface area contributed by atoms with Gasteiger partial charge in [-0.1, -0.05) is 12.1 Å². The molecule has 18 heavy (non-hydrogen) atoms. The number of ether oxygens (including phenoxy) is 1. The minimum absolute atomic E-state index is 0.105. The third-order valence-corrected chi connectivity index (χ3v) is 3.18. The van der Waals surface area contributed by atoms with Crippen molar-refractivity contribution in [2.75, 3.05) is 13.2 Å². The normalized spacial score (nSPS) is 18.8. The fourth-order valence-corrected chi connectivity index (χ4v) is 2.16. The SMILES string of the molecule is N#Cc1cccc(CNCCC2CCCO2)c1F. The summed E-state index contributed by atoms with van der Waals surface area (Å²) >= 11 is 0. The van der Waals surface area contributed by atoms with E-state index in [-0.39, 0.29) is 5.56 Å². The van der Waals surface area contributed by atoms with Crippen LogP contribution in [-0.4, -0.2) is 19.3 Å². The van der Waals surface area contributed by atoms with Crippen molar-refractivity contribution in [1.82, 2.24) is 5.32 Å². The molecular formula is C14H17FN2O. The van der Waals surface area contributed by atoms with Crippen LogP contribution in [0.25, 0.3) is 0 Å². The number of rotatable bonds is 5. The molecule has 0 bridgehead atoms. The molecule has 1 heterocycles. The second-order valence-electron chi connectivity index (χ2n) is 4.49. The zero-order valence-electron chi connectivity index (χ0n) is 10.3. The standard InChI is InChI=1S/C14H17FN2O/c15-14-11(9-16)3-1-4-12(14)10-17-7-6-13-5-2-8-18-13/h1,3-4,13,17H,2,5-8,10H2. The van der Waals surface area contributed by atoms with E-state index in [2.05, 4.69) is 5.32 Å². The molecule has 1 aromatic carbocycles. The Bertz CT molecular complexity index is 436. The molecule has 1 aliphatic heterocycles. The average Bonchev–Trinajstić information content (AvgIpc) is 2.89. The van der Waals surface area contributed by atoms with Crippen LogP contribution < -0.4 is 5.32 Å². The van der Waals surface area contributed by atoms with Gasteiger partial charge in [0.2, 0.25) is 0 Å². The second-order valence-corrected chi connectivity index (χ2v) is 4.49. The molecule has 1 fully saturated rings. The predicted molar refractivity (Wildman–Crippen MR) is 66.4 cm³/mol. The summed E-state index contributed by atoms with van der Waals surface area (Å²) in [5.74, 6) is -0.412. The third-order valence-electron chi connectivity index (χ3n) is 3.18. The van der Waals surface area contributed by atoms with Crippen molar-refractivity contribution >= 4 is 0 Å². The van der Waals surface area contributed by atoms with Crippen molar-refractivity contribution in [1.29, 1.82) is 5.26 Å². The van der Waals surface area contributed by atoms with Crippen molar-refractivity contribution in [2.45, 2.75) is 31.9 Å². The number of hydrogen-bond acceptors (Lipinski definition) is 3. The van der Waals surface area contributed by atoms with Crippen molar-refractivity contribution in [3.63, 3.8) is 0 Å². The zero-order chi connectivity index (χ0) is 12.8. The first-order valence-corrected chi connectivity index (χ1v) is 6.31. The summed E-state index contributed by atoms with van der Waals surface area (Å²) in [5, 5.41) is 11.9. The van der Waals surface area contributed by atoms with Crippen molar-refractivity contribution in [2.24, 2.45) is 0 Å².